The Morgan fingerprint density at radius 2 is 1.91 bits per heavy atom. The summed E-state index contributed by atoms with van der Waals surface area (Å²) < 4.78 is 52.5. The van der Waals surface area contributed by atoms with Crippen molar-refractivity contribution in [3.8, 4) is 0 Å². The molecule has 0 aliphatic carbocycles. The highest BCUT2D eigenvalue weighted by atomic mass is 19.4. The molecule has 0 N–H and O–H groups in total. The number of alkyl halides is 3. The molecule has 1 saturated heterocycles. The molecule has 2 rings (SSSR count). The van der Waals surface area contributed by atoms with Gasteiger partial charge in [-0.2, -0.15) is 18.2 Å². The number of halogens is 3. The average molecular weight is 316 g/mol. The number of hydrogen-bond donors (Lipinski definition) is 0. The van der Waals surface area contributed by atoms with E-state index in [0.29, 0.717) is 18.7 Å². The minimum atomic E-state index is -4.68. The third-order valence-corrected chi connectivity index (χ3v) is 2.98. The van der Waals surface area contributed by atoms with Crippen molar-refractivity contribution in [3.63, 3.8) is 0 Å². The molecule has 0 amide bonds. The zero-order valence-electron chi connectivity index (χ0n) is 12.5. The van der Waals surface area contributed by atoms with Crippen LogP contribution in [0, 0.1) is 5.41 Å². The zero-order chi connectivity index (χ0) is 16.5. The van der Waals surface area contributed by atoms with Gasteiger partial charge in [-0.05, 0) is 12.4 Å². The van der Waals surface area contributed by atoms with E-state index in [1.54, 1.807) is 6.92 Å². The molecule has 0 spiro atoms. The van der Waals surface area contributed by atoms with E-state index in [-0.39, 0.29) is 16.8 Å². The second-order valence-corrected chi connectivity index (χ2v) is 5.95. The molecule has 9 heteroatoms. The second kappa shape index (κ2) is 5.88. The number of rotatable bonds is 3. The fourth-order valence-corrected chi connectivity index (χ4v) is 1.83. The highest BCUT2D eigenvalue weighted by molar-refractivity contribution is 6.53. The van der Waals surface area contributed by atoms with Crippen LogP contribution in [-0.4, -0.2) is 30.5 Å². The number of allylic oxidation sites excluding steroid dienone is 3. The molecule has 0 bridgehead atoms. The summed E-state index contributed by atoms with van der Waals surface area (Å²) in [5, 5.41) is 3.27. The Morgan fingerprint density at radius 1 is 1.32 bits per heavy atom. The van der Waals surface area contributed by atoms with Crippen LogP contribution in [0.3, 0.4) is 0 Å². The SMILES string of the molecule is C=C(/C=C(\C)B1OCC(C)(C)CO1)c1noc(C(F)(F)F)n1. The van der Waals surface area contributed by atoms with Gasteiger partial charge in [0.05, 0.1) is 0 Å². The maximum Gasteiger partial charge on any atom is 0.489 e. The number of aromatic nitrogens is 2. The summed E-state index contributed by atoms with van der Waals surface area (Å²) in [5.74, 6) is -1.62. The van der Waals surface area contributed by atoms with Gasteiger partial charge >= 0.3 is 19.2 Å². The number of hydrogen-bond acceptors (Lipinski definition) is 5. The van der Waals surface area contributed by atoms with E-state index < -0.39 is 19.2 Å². The van der Waals surface area contributed by atoms with Gasteiger partial charge in [-0.1, -0.05) is 31.7 Å². The quantitative estimate of drug-likeness (QED) is 0.633. The predicted molar refractivity (Wildman–Crippen MR) is 73.5 cm³/mol. The van der Waals surface area contributed by atoms with Gasteiger partial charge in [-0.15, -0.1) is 0 Å². The van der Waals surface area contributed by atoms with Crippen LogP contribution in [0.2, 0.25) is 0 Å². The first kappa shape index (κ1) is 16.8. The first-order chi connectivity index (χ1) is 10.1. The van der Waals surface area contributed by atoms with Crippen LogP contribution in [0.5, 0.6) is 0 Å². The molecular weight excluding hydrogens is 300 g/mol. The molecule has 0 radical (unpaired) electrons. The molecule has 1 aliphatic heterocycles. The Hall–Kier alpha value is -1.61. The molecule has 5 nitrogen and oxygen atoms in total. The largest absolute Gasteiger partial charge is 0.489 e. The lowest BCUT2D eigenvalue weighted by Crippen LogP contribution is -2.41. The Balaban J connectivity index is 2.05. The van der Waals surface area contributed by atoms with E-state index in [0.717, 1.165) is 0 Å². The first-order valence-corrected chi connectivity index (χ1v) is 6.60. The lowest BCUT2D eigenvalue weighted by atomic mass is 9.75. The standard InChI is InChI=1S/C13H16BF3N2O3/c1-8(10-18-11(22-19-10)13(15,16)17)5-9(2)14-20-6-12(3,4)7-21-14/h5H,1,6-7H2,2-4H3/b9-5+. The maximum atomic E-state index is 12.4. The molecule has 0 atom stereocenters. The van der Waals surface area contributed by atoms with Gasteiger partial charge in [0.25, 0.3) is 0 Å². The smallest absolute Gasteiger partial charge is 0.407 e. The summed E-state index contributed by atoms with van der Waals surface area (Å²) >= 11 is 0. The molecule has 0 saturated carbocycles. The highest BCUT2D eigenvalue weighted by Gasteiger charge is 2.38. The van der Waals surface area contributed by atoms with Gasteiger partial charge in [0.2, 0.25) is 5.82 Å². The van der Waals surface area contributed by atoms with Crippen LogP contribution in [0.15, 0.2) is 22.7 Å². The monoisotopic (exact) mass is 316 g/mol. The van der Waals surface area contributed by atoms with E-state index in [1.807, 2.05) is 13.8 Å². The van der Waals surface area contributed by atoms with E-state index in [4.69, 9.17) is 9.31 Å². The second-order valence-electron chi connectivity index (χ2n) is 5.95. The summed E-state index contributed by atoms with van der Waals surface area (Å²) in [6.07, 6.45) is -3.15. The third kappa shape index (κ3) is 3.98. The fourth-order valence-electron chi connectivity index (χ4n) is 1.83. The summed E-state index contributed by atoms with van der Waals surface area (Å²) in [6.45, 7) is 10.5. The lowest BCUT2D eigenvalue weighted by molar-refractivity contribution is -0.159. The van der Waals surface area contributed by atoms with E-state index in [2.05, 4.69) is 21.2 Å². The molecule has 1 fully saturated rings. The normalized spacial score (nSPS) is 19.4. The van der Waals surface area contributed by atoms with Crippen molar-refractivity contribution in [2.45, 2.75) is 26.9 Å². The predicted octanol–water partition coefficient (Wildman–Crippen LogP) is 3.15. The molecule has 120 valence electrons. The van der Waals surface area contributed by atoms with Crippen molar-refractivity contribution < 1.29 is 27.0 Å². The van der Waals surface area contributed by atoms with Crippen molar-refractivity contribution in [3.05, 3.63) is 29.8 Å². The summed E-state index contributed by atoms with van der Waals surface area (Å²) in [4.78, 5) is 3.27. The Morgan fingerprint density at radius 3 is 2.41 bits per heavy atom. The molecule has 0 unspecified atom stereocenters. The lowest BCUT2D eigenvalue weighted by Gasteiger charge is -2.33. The fraction of sp³-hybridized carbons (Fsp3) is 0.538. The molecule has 2 heterocycles. The Kier molecular flexibility index (Phi) is 4.48. The summed E-state index contributed by atoms with van der Waals surface area (Å²) in [5.41, 5.74) is 0.788. The Labute approximate surface area is 126 Å². The minimum absolute atomic E-state index is 0.0664. The average Bonchev–Trinajstić information content (AvgIpc) is 2.87. The maximum absolute atomic E-state index is 12.4. The van der Waals surface area contributed by atoms with Gasteiger partial charge in [-0.25, -0.2) is 0 Å². The van der Waals surface area contributed by atoms with Gasteiger partial charge in [0, 0.05) is 24.2 Å². The summed E-state index contributed by atoms with van der Waals surface area (Å²) in [6, 6.07) is 0. The van der Waals surface area contributed by atoms with Crippen LogP contribution < -0.4 is 0 Å². The van der Waals surface area contributed by atoms with Crippen molar-refractivity contribution >= 4 is 12.7 Å². The van der Waals surface area contributed by atoms with Crippen LogP contribution in [0.25, 0.3) is 5.57 Å². The number of nitrogens with zero attached hydrogens (tertiary/aromatic N) is 2. The highest BCUT2D eigenvalue weighted by Crippen LogP contribution is 2.29. The van der Waals surface area contributed by atoms with E-state index >= 15 is 0 Å². The van der Waals surface area contributed by atoms with Crippen LogP contribution in [0.4, 0.5) is 13.2 Å². The van der Waals surface area contributed by atoms with E-state index in [1.165, 1.54) is 6.08 Å². The van der Waals surface area contributed by atoms with Gasteiger partial charge in [-0.3, -0.25) is 0 Å². The van der Waals surface area contributed by atoms with Gasteiger partial charge in [0.1, 0.15) is 0 Å². The van der Waals surface area contributed by atoms with Crippen LogP contribution in [-0.2, 0) is 15.5 Å². The molecule has 0 aromatic carbocycles. The van der Waals surface area contributed by atoms with Gasteiger partial charge < -0.3 is 13.8 Å². The minimum Gasteiger partial charge on any atom is -0.407 e. The topological polar surface area (TPSA) is 57.4 Å². The third-order valence-electron chi connectivity index (χ3n) is 2.98. The van der Waals surface area contributed by atoms with Crippen LogP contribution >= 0.6 is 0 Å². The van der Waals surface area contributed by atoms with Crippen molar-refractivity contribution in [1.29, 1.82) is 0 Å². The van der Waals surface area contributed by atoms with Gasteiger partial charge in [0.15, 0.2) is 0 Å². The Bertz CT molecular complexity index is 586. The molecule has 1 aromatic heterocycles. The first-order valence-electron chi connectivity index (χ1n) is 6.60. The van der Waals surface area contributed by atoms with Crippen molar-refractivity contribution in [2.75, 3.05) is 13.2 Å². The molecule has 22 heavy (non-hydrogen) atoms. The van der Waals surface area contributed by atoms with Crippen LogP contribution in [0.1, 0.15) is 32.5 Å². The van der Waals surface area contributed by atoms with Crippen molar-refractivity contribution in [2.24, 2.45) is 5.41 Å². The summed E-state index contributed by atoms with van der Waals surface area (Å²) in [7, 11) is -0.557. The molecular formula is C13H16BF3N2O3. The zero-order valence-corrected chi connectivity index (χ0v) is 12.5. The van der Waals surface area contributed by atoms with Crippen molar-refractivity contribution in [1.82, 2.24) is 10.1 Å². The molecule has 1 aromatic rings. The van der Waals surface area contributed by atoms with E-state index in [9.17, 15) is 13.2 Å². The molecule has 1 aliphatic rings.